The van der Waals surface area contributed by atoms with E-state index < -0.39 is 25.7 Å². The van der Waals surface area contributed by atoms with Crippen molar-refractivity contribution in [3.8, 4) is 0 Å². The van der Waals surface area contributed by atoms with Gasteiger partial charge in [-0.1, -0.05) is 46.3 Å². The van der Waals surface area contributed by atoms with Gasteiger partial charge in [0, 0.05) is 5.41 Å². The third-order valence-electron chi connectivity index (χ3n) is 7.36. The molecular weight excluding hydrogens is 384 g/mol. The molecule has 0 heterocycles. The number of esters is 2. The van der Waals surface area contributed by atoms with Crippen molar-refractivity contribution in [3.63, 3.8) is 0 Å². The number of ether oxygens (including phenoxy) is 2. The summed E-state index contributed by atoms with van der Waals surface area (Å²) in [6, 6.07) is 0. The highest BCUT2D eigenvalue weighted by Crippen LogP contribution is 2.59. The van der Waals surface area contributed by atoms with Crippen LogP contribution in [-0.2, 0) is 23.5 Å². The highest BCUT2D eigenvalue weighted by Gasteiger charge is 2.57. The molecule has 1 fully saturated rings. The molecule has 0 unspecified atom stereocenters. The fraction of sp³-hybridized carbons (Fsp3) is 0.739. The summed E-state index contributed by atoms with van der Waals surface area (Å²) in [6.07, 6.45) is 4.08. The molecule has 6 heteroatoms. The van der Waals surface area contributed by atoms with Crippen molar-refractivity contribution in [3.05, 3.63) is 22.8 Å². The van der Waals surface area contributed by atoms with E-state index in [1.165, 1.54) is 14.2 Å². The predicted molar refractivity (Wildman–Crippen MR) is 117 cm³/mol. The Morgan fingerprint density at radius 3 is 2.10 bits per heavy atom. The minimum atomic E-state index is -2.11. The fourth-order valence-corrected chi connectivity index (χ4v) is 6.07. The number of fused-ring (bicyclic) bond motifs is 1. The number of hydrogen-bond donors (Lipinski definition) is 0. The summed E-state index contributed by atoms with van der Waals surface area (Å²) in [4.78, 5) is 25.6. The van der Waals surface area contributed by atoms with Crippen molar-refractivity contribution < 1.29 is 23.5 Å². The second kappa shape index (κ2) is 7.69. The molecule has 0 bridgehead atoms. The topological polar surface area (TPSA) is 61.8 Å². The van der Waals surface area contributed by atoms with Crippen LogP contribution in [0.4, 0.5) is 0 Å². The Bertz CT molecular complexity index is 754. The van der Waals surface area contributed by atoms with Gasteiger partial charge in [-0.2, -0.15) is 0 Å². The zero-order valence-electron chi connectivity index (χ0n) is 19.8. The zero-order chi connectivity index (χ0) is 22.4. The van der Waals surface area contributed by atoms with E-state index in [0.29, 0.717) is 17.6 Å². The van der Waals surface area contributed by atoms with Gasteiger partial charge in [0.25, 0.3) is 0 Å². The van der Waals surface area contributed by atoms with E-state index in [4.69, 9.17) is 13.9 Å². The van der Waals surface area contributed by atoms with Gasteiger partial charge in [-0.05, 0) is 49.7 Å². The van der Waals surface area contributed by atoms with Gasteiger partial charge in [-0.15, -0.1) is 0 Å². The fourth-order valence-electron chi connectivity index (χ4n) is 4.65. The molecule has 0 N–H and O–H groups in total. The summed E-state index contributed by atoms with van der Waals surface area (Å²) in [5, 5.41) is 0.0369. The number of hydrogen-bond acceptors (Lipinski definition) is 5. The van der Waals surface area contributed by atoms with Gasteiger partial charge in [0.1, 0.15) is 0 Å². The maximum Gasteiger partial charge on any atom is 0.335 e. The summed E-state index contributed by atoms with van der Waals surface area (Å²) in [7, 11) is 0.600. The Kier molecular flexibility index (Phi) is 6.33. The predicted octanol–water partition coefficient (Wildman–Crippen LogP) is 5.18. The molecule has 0 spiro atoms. The van der Waals surface area contributed by atoms with Gasteiger partial charge in [0.15, 0.2) is 8.32 Å². The lowest BCUT2D eigenvalue weighted by Crippen LogP contribution is -2.55. The van der Waals surface area contributed by atoms with Crippen LogP contribution in [0.25, 0.3) is 0 Å². The molecule has 0 aromatic heterocycles. The van der Waals surface area contributed by atoms with Crippen LogP contribution in [0.1, 0.15) is 60.8 Å². The number of rotatable bonds is 4. The third-order valence-corrected chi connectivity index (χ3v) is 11.8. The molecule has 0 radical (unpaired) electrons. The quantitative estimate of drug-likeness (QED) is 0.355. The molecule has 164 valence electrons. The van der Waals surface area contributed by atoms with Crippen molar-refractivity contribution in [1.29, 1.82) is 0 Å². The van der Waals surface area contributed by atoms with E-state index in [1.807, 2.05) is 6.92 Å². The molecule has 5 nitrogen and oxygen atoms in total. The van der Waals surface area contributed by atoms with E-state index in [0.717, 1.165) is 18.4 Å². The van der Waals surface area contributed by atoms with Gasteiger partial charge in [-0.25, -0.2) is 9.59 Å². The molecule has 2 rings (SSSR count). The van der Waals surface area contributed by atoms with Gasteiger partial charge in [0.2, 0.25) is 0 Å². The lowest BCUT2D eigenvalue weighted by atomic mass is 9.54. The first-order valence-electron chi connectivity index (χ1n) is 10.4. The normalized spacial score (nSPS) is 27.1. The Labute approximate surface area is 177 Å². The van der Waals surface area contributed by atoms with Crippen LogP contribution in [-0.4, -0.2) is 40.6 Å². The third kappa shape index (κ3) is 3.98. The van der Waals surface area contributed by atoms with Crippen LogP contribution in [0, 0.1) is 10.8 Å². The highest BCUT2D eigenvalue weighted by molar-refractivity contribution is 6.74. The van der Waals surface area contributed by atoms with Crippen LogP contribution >= 0.6 is 0 Å². The first-order valence-corrected chi connectivity index (χ1v) is 13.3. The summed E-state index contributed by atoms with van der Waals surface area (Å²) in [5.41, 5.74) is 1.12. The standard InChI is InChI=1S/C23H38O5Si/c1-21(2,3)29(9,10)28-17-13-14-22(4,5)16-12-11-15(19(24)26-7)18(20(25)27-8)23(16,17)6/h12,17H,11,13-14H2,1-10H3/t17-,23-/m1/s1. The van der Waals surface area contributed by atoms with Crippen LogP contribution in [0.15, 0.2) is 22.8 Å². The molecular formula is C23H38O5Si. The Morgan fingerprint density at radius 1 is 1.07 bits per heavy atom. The van der Waals surface area contributed by atoms with E-state index >= 15 is 0 Å². The second-order valence-corrected chi connectivity index (χ2v) is 15.4. The summed E-state index contributed by atoms with van der Waals surface area (Å²) < 4.78 is 17.1. The van der Waals surface area contributed by atoms with Crippen LogP contribution in [0.5, 0.6) is 0 Å². The molecule has 2 aliphatic rings. The second-order valence-electron chi connectivity index (χ2n) is 10.7. The average molecular weight is 423 g/mol. The van der Waals surface area contributed by atoms with Gasteiger partial charge >= 0.3 is 11.9 Å². The molecule has 0 aromatic carbocycles. The van der Waals surface area contributed by atoms with E-state index in [9.17, 15) is 9.59 Å². The summed E-state index contributed by atoms with van der Waals surface area (Å²) in [5.74, 6) is -0.948. The van der Waals surface area contributed by atoms with Gasteiger partial charge < -0.3 is 13.9 Å². The number of allylic oxidation sites excluding steroid dienone is 1. The van der Waals surface area contributed by atoms with E-state index in [1.54, 1.807) is 0 Å². The molecule has 2 aliphatic carbocycles. The van der Waals surface area contributed by atoms with Crippen LogP contribution in [0.2, 0.25) is 18.1 Å². The molecule has 2 atom stereocenters. The lowest BCUT2D eigenvalue weighted by molar-refractivity contribution is -0.141. The smallest absolute Gasteiger partial charge is 0.335 e. The van der Waals surface area contributed by atoms with E-state index in [2.05, 4.69) is 53.8 Å². The van der Waals surface area contributed by atoms with Crippen LogP contribution in [0.3, 0.4) is 0 Å². The number of methoxy groups -OCH3 is 2. The van der Waals surface area contributed by atoms with Crippen molar-refractivity contribution in [2.75, 3.05) is 14.2 Å². The first kappa shape index (κ1) is 23.9. The van der Waals surface area contributed by atoms with Gasteiger partial charge in [-0.3, -0.25) is 0 Å². The zero-order valence-corrected chi connectivity index (χ0v) is 20.8. The molecule has 0 aliphatic heterocycles. The minimum absolute atomic E-state index is 0.0369. The number of carbonyl (C=O) groups is 2. The Morgan fingerprint density at radius 2 is 1.62 bits per heavy atom. The van der Waals surface area contributed by atoms with Crippen LogP contribution < -0.4 is 0 Å². The molecule has 29 heavy (non-hydrogen) atoms. The van der Waals surface area contributed by atoms with Gasteiger partial charge in [0.05, 0.1) is 31.5 Å². The number of carbonyl (C=O) groups excluding carboxylic acids is 2. The maximum atomic E-state index is 13.0. The average Bonchev–Trinajstić information content (AvgIpc) is 2.61. The highest BCUT2D eigenvalue weighted by atomic mass is 28.4. The molecule has 0 saturated heterocycles. The maximum absolute atomic E-state index is 13.0. The minimum Gasteiger partial charge on any atom is -0.466 e. The van der Waals surface area contributed by atoms with Crippen molar-refractivity contribution in [2.45, 2.75) is 85.0 Å². The van der Waals surface area contributed by atoms with Crippen molar-refractivity contribution in [1.82, 2.24) is 0 Å². The Hall–Kier alpha value is -1.40. The molecule has 0 amide bonds. The largest absolute Gasteiger partial charge is 0.466 e. The SMILES string of the molecule is COC(=O)C1=C(C(=O)OC)[C@]2(C)C(=CC1)C(C)(C)CC[C@H]2O[Si](C)(C)C(C)(C)C. The molecule has 0 aromatic rings. The Balaban J connectivity index is 2.71. The monoisotopic (exact) mass is 422 g/mol. The summed E-state index contributed by atoms with van der Waals surface area (Å²) >= 11 is 0. The first-order chi connectivity index (χ1) is 13.1. The molecule has 1 saturated carbocycles. The van der Waals surface area contributed by atoms with Crippen molar-refractivity contribution in [2.24, 2.45) is 10.8 Å². The van der Waals surface area contributed by atoms with Crippen molar-refractivity contribution >= 4 is 20.3 Å². The van der Waals surface area contributed by atoms with E-state index in [-0.39, 0.29) is 16.6 Å². The lowest BCUT2D eigenvalue weighted by Gasteiger charge is -2.55. The summed E-state index contributed by atoms with van der Waals surface area (Å²) in [6.45, 7) is 17.5.